The molecule has 1 atom stereocenters. The highest BCUT2D eigenvalue weighted by molar-refractivity contribution is 7.92. The van der Waals surface area contributed by atoms with Crippen molar-refractivity contribution in [3.8, 4) is 0 Å². The minimum atomic E-state index is -3.36. The molecule has 1 amide bonds. The number of hydrogen-bond donors (Lipinski definition) is 0. The maximum atomic E-state index is 12.1. The lowest BCUT2D eigenvalue weighted by Crippen LogP contribution is -2.45. The monoisotopic (exact) mass is 273 g/mol. The van der Waals surface area contributed by atoms with Crippen molar-refractivity contribution in [2.75, 3.05) is 18.8 Å². The third-order valence-electron chi connectivity index (χ3n) is 3.55. The van der Waals surface area contributed by atoms with E-state index in [1.54, 1.807) is 24.0 Å². The van der Waals surface area contributed by atoms with Gasteiger partial charge in [-0.1, -0.05) is 19.1 Å². The zero-order valence-corrected chi connectivity index (χ0v) is 12.2. The summed E-state index contributed by atoms with van der Waals surface area (Å²) in [5.41, 5.74) is 0. The highest BCUT2D eigenvalue weighted by atomic mass is 32.2. The molecule has 1 aliphatic heterocycles. The molecule has 0 aliphatic carbocycles. The van der Waals surface area contributed by atoms with Crippen molar-refractivity contribution in [3.05, 3.63) is 12.2 Å². The molecule has 1 unspecified atom stereocenters. The minimum absolute atomic E-state index is 0.0549. The smallest absolute Gasteiger partial charge is 0.240 e. The summed E-state index contributed by atoms with van der Waals surface area (Å²) >= 11 is 0. The van der Waals surface area contributed by atoms with Gasteiger partial charge in [0, 0.05) is 13.1 Å². The number of rotatable bonds is 4. The molecule has 0 radical (unpaired) electrons. The van der Waals surface area contributed by atoms with Gasteiger partial charge in [0.2, 0.25) is 5.91 Å². The van der Waals surface area contributed by atoms with Crippen LogP contribution in [0.25, 0.3) is 0 Å². The van der Waals surface area contributed by atoms with Crippen LogP contribution in [0, 0.1) is 5.92 Å². The second-order valence-electron chi connectivity index (χ2n) is 5.05. The highest BCUT2D eigenvalue weighted by Gasteiger charge is 2.32. The fourth-order valence-electron chi connectivity index (χ4n) is 2.01. The van der Waals surface area contributed by atoms with Gasteiger partial charge in [0.1, 0.15) is 5.25 Å². The standard InChI is InChI=1S/C13H23NO3S/c1-4-5-10-18(16,17)12(3)13(15)14-8-6-11(2)7-9-14/h4-5,11-12H,6-10H2,1-3H3. The van der Waals surface area contributed by atoms with Crippen molar-refractivity contribution in [2.45, 2.75) is 38.9 Å². The first-order chi connectivity index (χ1) is 8.38. The van der Waals surface area contributed by atoms with Gasteiger partial charge in [0.05, 0.1) is 5.75 Å². The van der Waals surface area contributed by atoms with Gasteiger partial charge in [-0.05, 0) is 32.6 Å². The lowest BCUT2D eigenvalue weighted by atomic mass is 9.99. The fourth-order valence-corrected chi connectivity index (χ4v) is 3.22. The molecule has 0 aromatic carbocycles. The summed E-state index contributed by atoms with van der Waals surface area (Å²) in [7, 11) is -3.36. The molecule has 0 spiro atoms. The number of carbonyl (C=O) groups is 1. The van der Waals surface area contributed by atoms with Crippen LogP contribution in [0.5, 0.6) is 0 Å². The second kappa shape index (κ2) is 6.36. The van der Waals surface area contributed by atoms with E-state index in [0.717, 1.165) is 12.8 Å². The highest BCUT2D eigenvalue weighted by Crippen LogP contribution is 2.18. The van der Waals surface area contributed by atoms with Crippen molar-refractivity contribution in [1.29, 1.82) is 0 Å². The maximum Gasteiger partial charge on any atom is 0.240 e. The predicted molar refractivity (Wildman–Crippen MR) is 73.0 cm³/mol. The summed E-state index contributed by atoms with van der Waals surface area (Å²) in [6, 6.07) is 0. The third-order valence-corrected chi connectivity index (χ3v) is 5.48. The molecule has 4 nitrogen and oxygen atoms in total. The molecule has 0 aromatic rings. The van der Waals surface area contributed by atoms with E-state index in [0.29, 0.717) is 19.0 Å². The number of likely N-dealkylation sites (tertiary alicyclic amines) is 1. The van der Waals surface area contributed by atoms with E-state index in [9.17, 15) is 13.2 Å². The van der Waals surface area contributed by atoms with E-state index in [1.807, 2.05) is 0 Å². The van der Waals surface area contributed by atoms with Crippen molar-refractivity contribution in [1.82, 2.24) is 4.90 Å². The van der Waals surface area contributed by atoms with Crippen LogP contribution in [0.15, 0.2) is 12.2 Å². The molecule has 0 aromatic heterocycles. The van der Waals surface area contributed by atoms with Crippen LogP contribution in [0.1, 0.15) is 33.6 Å². The molecular weight excluding hydrogens is 250 g/mol. The van der Waals surface area contributed by atoms with Crippen LogP contribution >= 0.6 is 0 Å². The van der Waals surface area contributed by atoms with Gasteiger partial charge in [-0.3, -0.25) is 4.79 Å². The Bertz CT molecular complexity index is 406. The molecule has 1 saturated heterocycles. The first-order valence-corrected chi connectivity index (χ1v) is 8.21. The Morgan fingerprint density at radius 3 is 2.44 bits per heavy atom. The quantitative estimate of drug-likeness (QED) is 0.731. The minimum Gasteiger partial charge on any atom is -0.342 e. The van der Waals surface area contributed by atoms with E-state index in [2.05, 4.69) is 6.92 Å². The SMILES string of the molecule is CC=CCS(=O)(=O)C(C)C(=O)N1CCC(C)CC1. The molecular formula is C13H23NO3S. The molecule has 104 valence electrons. The van der Waals surface area contributed by atoms with Gasteiger partial charge in [-0.15, -0.1) is 0 Å². The number of allylic oxidation sites excluding steroid dienone is 1. The van der Waals surface area contributed by atoms with Crippen LogP contribution in [-0.4, -0.2) is 43.3 Å². The van der Waals surface area contributed by atoms with Crippen molar-refractivity contribution in [3.63, 3.8) is 0 Å². The zero-order valence-electron chi connectivity index (χ0n) is 11.4. The summed E-state index contributed by atoms with van der Waals surface area (Å²) in [6.07, 6.45) is 5.20. The lowest BCUT2D eigenvalue weighted by Gasteiger charge is -2.32. The van der Waals surface area contributed by atoms with Crippen LogP contribution < -0.4 is 0 Å². The third kappa shape index (κ3) is 3.83. The molecule has 1 heterocycles. The molecule has 0 bridgehead atoms. The Balaban J connectivity index is 2.66. The Labute approximate surface area is 110 Å². The first-order valence-electron chi connectivity index (χ1n) is 6.50. The summed E-state index contributed by atoms with van der Waals surface area (Å²) < 4.78 is 23.9. The molecule has 1 rings (SSSR count). The van der Waals surface area contributed by atoms with Crippen molar-refractivity contribution in [2.24, 2.45) is 5.92 Å². The van der Waals surface area contributed by atoms with E-state index in [1.165, 1.54) is 6.92 Å². The summed E-state index contributed by atoms with van der Waals surface area (Å²) in [4.78, 5) is 13.8. The van der Waals surface area contributed by atoms with Gasteiger partial charge in [-0.25, -0.2) is 8.42 Å². The second-order valence-corrected chi connectivity index (χ2v) is 7.41. The number of nitrogens with zero attached hydrogens (tertiary/aromatic N) is 1. The van der Waals surface area contributed by atoms with Gasteiger partial charge >= 0.3 is 0 Å². The number of sulfone groups is 1. The van der Waals surface area contributed by atoms with E-state index in [-0.39, 0.29) is 11.7 Å². The predicted octanol–water partition coefficient (Wildman–Crippen LogP) is 1.62. The van der Waals surface area contributed by atoms with Gasteiger partial charge in [0.15, 0.2) is 9.84 Å². The Morgan fingerprint density at radius 1 is 1.39 bits per heavy atom. The molecule has 5 heteroatoms. The van der Waals surface area contributed by atoms with Gasteiger partial charge < -0.3 is 4.90 Å². The Morgan fingerprint density at radius 2 is 1.94 bits per heavy atom. The number of piperidine rings is 1. The average Bonchev–Trinajstić information content (AvgIpc) is 2.35. The van der Waals surface area contributed by atoms with Crippen LogP contribution in [0.4, 0.5) is 0 Å². The maximum absolute atomic E-state index is 12.1. The van der Waals surface area contributed by atoms with E-state index >= 15 is 0 Å². The number of carbonyl (C=O) groups excluding carboxylic acids is 1. The van der Waals surface area contributed by atoms with Crippen molar-refractivity contribution < 1.29 is 13.2 Å². The lowest BCUT2D eigenvalue weighted by molar-refractivity contribution is -0.131. The normalized spacial score (nSPS) is 20.3. The fraction of sp³-hybridized carbons (Fsp3) is 0.769. The zero-order chi connectivity index (χ0) is 13.8. The number of amides is 1. The molecule has 0 N–H and O–H groups in total. The summed E-state index contributed by atoms with van der Waals surface area (Å²) in [6.45, 7) is 6.80. The first kappa shape index (κ1) is 15.2. The largest absolute Gasteiger partial charge is 0.342 e. The summed E-state index contributed by atoms with van der Waals surface area (Å²) in [5.74, 6) is 0.330. The van der Waals surface area contributed by atoms with Crippen LogP contribution in [0.2, 0.25) is 0 Å². The van der Waals surface area contributed by atoms with Crippen LogP contribution in [-0.2, 0) is 14.6 Å². The van der Waals surface area contributed by atoms with Crippen molar-refractivity contribution >= 4 is 15.7 Å². The summed E-state index contributed by atoms with van der Waals surface area (Å²) in [5, 5.41) is -0.929. The Kier molecular flexibility index (Phi) is 5.38. The number of hydrogen-bond acceptors (Lipinski definition) is 3. The molecule has 18 heavy (non-hydrogen) atoms. The molecule has 1 aliphatic rings. The van der Waals surface area contributed by atoms with E-state index in [4.69, 9.17) is 0 Å². The Hall–Kier alpha value is -0.840. The van der Waals surface area contributed by atoms with E-state index < -0.39 is 15.1 Å². The molecule has 0 saturated carbocycles. The topological polar surface area (TPSA) is 54.5 Å². The average molecular weight is 273 g/mol. The van der Waals surface area contributed by atoms with Gasteiger partial charge in [-0.2, -0.15) is 0 Å². The van der Waals surface area contributed by atoms with Crippen LogP contribution in [0.3, 0.4) is 0 Å². The molecule has 1 fully saturated rings. The van der Waals surface area contributed by atoms with Gasteiger partial charge in [0.25, 0.3) is 0 Å².